The normalized spacial score (nSPS) is 11.2. The van der Waals surface area contributed by atoms with Gasteiger partial charge in [-0.25, -0.2) is 4.39 Å². The van der Waals surface area contributed by atoms with Gasteiger partial charge in [-0.2, -0.15) is 23.7 Å². The topological polar surface area (TPSA) is 9.23 Å². The maximum absolute atomic E-state index is 12.3. The van der Waals surface area contributed by atoms with Gasteiger partial charge in [0.1, 0.15) is 5.82 Å². The second-order valence-corrected chi connectivity index (χ2v) is 6.07. The summed E-state index contributed by atoms with van der Waals surface area (Å²) < 4.78 is 30.0. The number of benzene rings is 2. The van der Waals surface area contributed by atoms with Crippen LogP contribution in [0.15, 0.2) is 40.9 Å². The molecule has 1 fully saturated rings. The molecule has 1 heterocycles. The van der Waals surface area contributed by atoms with Crippen LogP contribution in [0.5, 0.6) is 0 Å². The molecule has 2 aromatic rings. The Bertz CT molecular complexity index is 527. The molecule has 2 aromatic carbocycles. The van der Waals surface area contributed by atoms with Crippen molar-refractivity contribution in [3.8, 4) is 0 Å². The summed E-state index contributed by atoms with van der Waals surface area (Å²) >= 11 is 13.9. The van der Waals surface area contributed by atoms with Gasteiger partial charge in [0.25, 0.3) is 0 Å². The molecule has 0 atom stereocenters. The van der Waals surface area contributed by atoms with E-state index in [1.807, 2.05) is 0 Å². The van der Waals surface area contributed by atoms with E-state index in [2.05, 4.69) is 22.0 Å². The predicted octanol–water partition coefficient (Wildman–Crippen LogP) is 2.79. The minimum absolute atomic E-state index is 0. The third kappa shape index (κ3) is 17.2. The van der Waals surface area contributed by atoms with Gasteiger partial charge >= 0.3 is 46.1 Å². The molecule has 0 amide bonds. The Morgan fingerprint density at radius 2 is 1.48 bits per heavy atom. The summed E-state index contributed by atoms with van der Waals surface area (Å²) in [4.78, 5) is 0. The van der Waals surface area contributed by atoms with Crippen LogP contribution in [-0.2, 0) is 4.74 Å². The van der Waals surface area contributed by atoms with Crippen molar-refractivity contribution in [1.29, 1.82) is 0 Å². The van der Waals surface area contributed by atoms with Gasteiger partial charge in [-0.3, -0.25) is 4.39 Å². The van der Waals surface area contributed by atoms with Gasteiger partial charge < -0.3 is 24.6 Å². The number of hydrogen-bond acceptors (Lipinski definition) is 1. The third-order valence-corrected chi connectivity index (χ3v) is 3.27. The molecule has 0 radical (unpaired) electrons. The Labute approximate surface area is 211 Å². The Kier molecular flexibility index (Phi) is 23.2. The molecule has 25 heavy (non-hydrogen) atoms. The number of hydrogen-bond donors (Lipinski definition) is 0. The summed E-state index contributed by atoms with van der Waals surface area (Å²) in [6.45, 7) is 2.00. The summed E-state index contributed by atoms with van der Waals surface area (Å²) in [5.41, 5.74) is 0. The number of rotatable bonds is 0. The van der Waals surface area contributed by atoms with E-state index >= 15 is 0 Å². The van der Waals surface area contributed by atoms with E-state index in [9.17, 15) is 8.78 Å². The second kappa shape index (κ2) is 18.7. The minimum Gasteiger partial charge on any atom is -1.00 e. The molecule has 0 N–H and O–H groups in total. The van der Waals surface area contributed by atoms with Gasteiger partial charge in [0.05, 0.1) is 0 Å². The fourth-order valence-corrected chi connectivity index (χ4v) is 2.43. The fraction of sp³-hybridized carbons (Fsp3) is 0.250. The quantitative estimate of drug-likeness (QED) is 0.368. The Morgan fingerprint density at radius 1 is 0.920 bits per heavy atom. The van der Waals surface area contributed by atoms with Gasteiger partial charge in [0.2, 0.25) is 0 Å². The van der Waals surface area contributed by atoms with Crippen LogP contribution in [0.2, 0.25) is 10.0 Å². The molecule has 0 aromatic heterocycles. The molecule has 0 bridgehead atoms. The number of ether oxygens (including phenoxy) is 1. The molecular formula is C16H16Br2Cl2F2Mg2O. The summed E-state index contributed by atoms with van der Waals surface area (Å²) in [6.07, 6.45) is 2.56. The van der Waals surface area contributed by atoms with Crippen molar-refractivity contribution in [3.05, 3.63) is 68.6 Å². The van der Waals surface area contributed by atoms with Gasteiger partial charge in [-0.1, -0.05) is 32.6 Å². The smallest absolute Gasteiger partial charge is 1.00 e. The van der Waals surface area contributed by atoms with Crippen molar-refractivity contribution < 1.29 is 33.4 Å². The average Bonchev–Trinajstić information content (AvgIpc) is 2.96. The molecule has 0 saturated carbocycles. The Balaban J connectivity index is -0.0000000842. The van der Waals surface area contributed by atoms with Crippen molar-refractivity contribution in [3.63, 3.8) is 0 Å². The van der Waals surface area contributed by atoms with Gasteiger partial charge in [0, 0.05) is 28.5 Å². The van der Waals surface area contributed by atoms with E-state index in [0.717, 1.165) is 13.2 Å². The Hall–Kier alpha value is 1.33. The first-order chi connectivity index (χ1) is 10.5. The van der Waals surface area contributed by atoms with Crippen LogP contribution in [0.3, 0.4) is 0 Å². The first-order valence-corrected chi connectivity index (χ1v) is 8.04. The first kappa shape index (κ1) is 31.0. The molecule has 132 valence electrons. The monoisotopic (exact) mass is 538 g/mol. The summed E-state index contributed by atoms with van der Waals surface area (Å²) in [5.74, 6) is -0.674. The second-order valence-electron chi connectivity index (χ2n) is 4.28. The van der Waals surface area contributed by atoms with Gasteiger partial charge in [0.15, 0.2) is 0 Å². The van der Waals surface area contributed by atoms with E-state index in [1.54, 1.807) is 6.07 Å². The number of halogens is 6. The standard InChI is InChI=1S/C6H3BrClF.C6H3ClF.C4H8O.BrH.2Mg.2H/c7-4-1-5(8)3-6(9)2-4;7-5-2-1-3-6(8)4-5;1-2-4-5-3-1;;;;;/h1-3H;2-4H;1-4H2;1H;;;;/q;-1;;;2*+2;2*-1/p-1. The van der Waals surface area contributed by atoms with Crippen molar-refractivity contribution >= 4 is 85.2 Å². The summed E-state index contributed by atoms with van der Waals surface area (Å²) in [6, 6.07) is 10.7. The van der Waals surface area contributed by atoms with Gasteiger partial charge in [-0.05, 0) is 31.0 Å². The van der Waals surface area contributed by atoms with Crippen LogP contribution in [0, 0.1) is 17.7 Å². The molecule has 9 heteroatoms. The molecule has 0 unspecified atom stereocenters. The maximum atomic E-state index is 12.3. The van der Waals surface area contributed by atoms with Crippen LogP contribution in [-0.4, -0.2) is 59.3 Å². The largest absolute Gasteiger partial charge is 2.00 e. The zero-order valence-corrected chi connectivity index (χ0v) is 20.9. The van der Waals surface area contributed by atoms with Gasteiger partial charge in [-0.15, -0.1) is 12.1 Å². The zero-order chi connectivity index (χ0) is 16.4. The Morgan fingerprint density at radius 3 is 1.80 bits per heavy atom. The molecule has 0 aliphatic carbocycles. The fourth-order valence-electron chi connectivity index (χ4n) is 1.45. The molecule has 1 aliphatic rings. The molecule has 1 aliphatic heterocycles. The maximum Gasteiger partial charge on any atom is 2.00 e. The predicted molar refractivity (Wildman–Crippen MR) is 103 cm³/mol. The van der Waals surface area contributed by atoms with Crippen molar-refractivity contribution in [1.82, 2.24) is 0 Å². The minimum atomic E-state index is -0.350. The average molecular weight is 542 g/mol. The van der Waals surface area contributed by atoms with Crippen molar-refractivity contribution in [2.24, 2.45) is 0 Å². The van der Waals surface area contributed by atoms with Crippen molar-refractivity contribution in [2.75, 3.05) is 13.2 Å². The van der Waals surface area contributed by atoms with E-state index in [0.29, 0.717) is 14.5 Å². The third-order valence-electron chi connectivity index (χ3n) is 2.37. The van der Waals surface area contributed by atoms with Crippen LogP contribution in [0.1, 0.15) is 15.7 Å². The van der Waals surface area contributed by atoms with E-state index in [4.69, 9.17) is 27.9 Å². The van der Waals surface area contributed by atoms with Crippen LogP contribution < -0.4 is 17.0 Å². The molecule has 1 nitrogen and oxygen atoms in total. The van der Waals surface area contributed by atoms with Crippen LogP contribution >= 0.6 is 39.1 Å². The molecular weight excluding hydrogens is 525 g/mol. The van der Waals surface area contributed by atoms with E-state index in [1.165, 1.54) is 43.2 Å². The van der Waals surface area contributed by atoms with E-state index in [-0.39, 0.29) is 77.6 Å². The van der Waals surface area contributed by atoms with E-state index < -0.39 is 0 Å². The van der Waals surface area contributed by atoms with Crippen molar-refractivity contribution in [2.45, 2.75) is 12.8 Å². The SMILES string of the molecule is C1CCOC1.Fc1c[c-]cc(Cl)c1.Fc1cc(Cl)cc(Br)c1.[Br-].[H-].[H-].[Mg+2].[Mg+2]. The first-order valence-electron chi connectivity index (χ1n) is 6.49. The molecule has 3 rings (SSSR count). The summed E-state index contributed by atoms with van der Waals surface area (Å²) in [7, 11) is 0. The zero-order valence-electron chi connectivity index (χ0n) is 15.4. The van der Waals surface area contributed by atoms with Crippen LogP contribution in [0.25, 0.3) is 0 Å². The summed E-state index contributed by atoms with van der Waals surface area (Å²) in [5, 5.41) is 0.784. The molecule has 0 spiro atoms. The van der Waals surface area contributed by atoms with Crippen LogP contribution in [0.4, 0.5) is 8.78 Å². The molecule has 1 saturated heterocycles.